The van der Waals surface area contributed by atoms with E-state index in [0.717, 1.165) is 0 Å². The van der Waals surface area contributed by atoms with E-state index in [0.29, 0.717) is 34.9 Å². The van der Waals surface area contributed by atoms with Gasteiger partial charge in [0.15, 0.2) is 4.80 Å². The lowest BCUT2D eigenvalue weighted by atomic mass is 9.98. The number of piperidine rings is 1. The maximum atomic E-state index is 12.5. The number of rotatable bonds is 3. The number of carbonyl (C=O) groups excluding carboxylic acids is 1. The van der Waals surface area contributed by atoms with E-state index in [-0.39, 0.29) is 11.8 Å². The predicted octanol–water partition coefficient (Wildman–Crippen LogP) is 1.68. The quantitative estimate of drug-likeness (QED) is 0.824. The van der Waals surface area contributed by atoms with Gasteiger partial charge in [-0.05, 0) is 24.3 Å². The fraction of sp³-hybridized carbons (Fsp3) is 0.429. The Labute approximate surface area is 142 Å². The average molecular weight is 372 g/mol. The molecule has 0 radical (unpaired) electrons. The molecule has 9 heteroatoms. The van der Waals surface area contributed by atoms with Crippen molar-refractivity contribution in [2.24, 2.45) is 18.0 Å². The van der Waals surface area contributed by atoms with Crippen molar-refractivity contribution in [2.75, 3.05) is 13.1 Å². The summed E-state index contributed by atoms with van der Waals surface area (Å²) in [6.45, 7) is 0.728. The van der Waals surface area contributed by atoms with Crippen LogP contribution in [0.3, 0.4) is 0 Å². The van der Waals surface area contributed by atoms with E-state index < -0.39 is 10.0 Å². The van der Waals surface area contributed by atoms with E-state index in [4.69, 9.17) is 0 Å². The lowest BCUT2D eigenvalue weighted by Gasteiger charge is -2.29. The zero-order chi connectivity index (χ0) is 16.4. The van der Waals surface area contributed by atoms with Gasteiger partial charge in [-0.25, -0.2) is 8.42 Å². The van der Waals surface area contributed by atoms with E-state index in [1.807, 2.05) is 18.6 Å². The Hall–Kier alpha value is -1.29. The average Bonchev–Trinajstić information content (AvgIpc) is 3.20. The molecule has 23 heavy (non-hydrogen) atoms. The number of aromatic nitrogens is 1. The van der Waals surface area contributed by atoms with E-state index >= 15 is 0 Å². The summed E-state index contributed by atoms with van der Waals surface area (Å²) < 4.78 is 28.5. The molecule has 1 fully saturated rings. The normalized spacial score (nSPS) is 18.4. The third-order valence-corrected chi connectivity index (χ3v) is 7.98. The van der Waals surface area contributed by atoms with Crippen LogP contribution >= 0.6 is 22.7 Å². The van der Waals surface area contributed by atoms with Crippen molar-refractivity contribution in [3.05, 3.63) is 33.9 Å². The molecule has 0 aliphatic carbocycles. The zero-order valence-corrected chi connectivity index (χ0v) is 15.0. The summed E-state index contributed by atoms with van der Waals surface area (Å²) in [5.41, 5.74) is 0. The fourth-order valence-corrected chi connectivity index (χ4v) is 5.85. The molecular formula is C14H17N3O3S3. The molecule has 1 aliphatic rings. The number of hydrogen-bond acceptors (Lipinski definition) is 5. The van der Waals surface area contributed by atoms with E-state index in [1.165, 1.54) is 27.0 Å². The molecule has 0 unspecified atom stereocenters. The van der Waals surface area contributed by atoms with E-state index in [1.54, 1.807) is 22.1 Å². The van der Waals surface area contributed by atoms with Crippen molar-refractivity contribution in [1.82, 2.24) is 8.87 Å². The first-order valence-electron chi connectivity index (χ1n) is 7.21. The molecule has 2 aromatic heterocycles. The molecule has 0 bridgehead atoms. The van der Waals surface area contributed by atoms with Crippen LogP contribution in [-0.2, 0) is 21.9 Å². The molecule has 124 valence electrons. The highest BCUT2D eigenvalue weighted by atomic mass is 32.2. The minimum Gasteiger partial charge on any atom is -0.327 e. The van der Waals surface area contributed by atoms with Crippen molar-refractivity contribution in [2.45, 2.75) is 17.1 Å². The van der Waals surface area contributed by atoms with Gasteiger partial charge >= 0.3 is 0 Å². The number of nitrogens with zero attached hydrogens (tertiary/aromatic N) is 3. The molecule has 1 aliphatic heterocycles. The Kier molecular flexibility index (Phi) is 4.81. The number of amides is 1. The number of thiophene rings is 1. The molecule has 0 aromatic carbocycles. The molecule has 2 aromatic rings. The first-order valence-corrected chi connectivity index (χ1v) is 10.4. The number of sulfonamides is 1. The van der Waals surface area contributed by atoms with Gasteiger partial charge in [-0.3, -0.25) is 4.79 Å². The fourth-order valence-electron chi connectivity index (χ4n) is 2.50. The van der Waals surface area contributed by atoms with Crippen LogP contribution in [0, 0.1) is 5.92 Å². The maximum absolute atomic E-state index is 12.5. The first-order chi connectivity index (χ1) is 11.0. The second-order valence-corrected chi connectivity index (χ2v) is 9.34. The Morgan fingerprint density at radius 1 is 1.26 bits per heavy atom. The number of hydrogen-bond donors (Lipinski definition) is 0. The molecule has 0 N–H and O–H groups in total. The third-order valence-electron chi connectivity index (χ3n) is 3.86. The highest BCUT2D eigenvalue weighted by Gasteiger charge is 2.32. The lowest BCUT2D eigenvalue weighted by Crippen LogP contribution is -2.40. The summed E-state index contributed by atoms with van der Waals surface area (Å²) in [5, 5.41) is 3.63. The summed E-state index contributed by atoms with van der Waals surface area (Å²) in [6, 6.07) is 3.34. The zero-order valence-electron chi connectivity index (χ0n) is 12.6. The Bertz CT molecular complexity index is 841. The van der Waals surface area contributed by atoms with E-state index in [2.05, 4.69) is 4.99 Å². The van der Waals surface area contributed by atoms with Gasteiger partial charge in [-0.15, -0.1) is 22.7 Å². The summed E-state index contributed by atoms with van der Waals surface area (Å²) in [4.78, 5) is 17.1. The largest absolute Gasteiger partial charge is 0.327 e. The Morgan fingerprint density at radius 3 is 2.57 bits per heavy atom. The van der Waals surface area contributed by atoms with Gasteiger partial charge in [0.2, 0.25) is 0 Å². The first kappa shape index (κ1) is 16.6. The molecule has 1 saturated heterocycles. The van der Waals surface area contributed by atoms with Gasteiger partial charge in [0.25, 0.3) is 15.9 Å². The van der Waals surface area contributed by atoms with Gasteiger partial charge in [0.05, 0.1) is 0 Å². The molecule has 1 amide bonds. The number of aryl methyl sites for hydroxylation is 1. The van der Waals surface area contributed by atoms with Gasteiger partial charge < -0.3 is 4.57 Å². The molecular weight excluding hydrogens is 354 g/mol. The second-order valence-electron chi connectivity index (χ2n) is 5.36. The summed E-state index contributed by atoms with van der Waals surface area (Å²) >= 11 is 2.63. The minimum absolute atomic E-state index is 0.156. The standard InChI is InChI=1S/C14H17N3O3S3/c1-16-8-10-22-14(16)15-13(18)11-4-6-17(7-5-11)23(19,20)12-3-2-9-21-12/h2-3,8-11H,4-7H2,1H3. The van der Waals surface area contributed by atoms with Crippen LogP contribution in [0.25, 0.3) is 0 Å². The van der Waals surface area contributed by atoms with Crippen LogP contribution in [0.15, 0.2) is 38.3 Å². The Balaban J connectivity index is 1.67. The SMILES string of the molecule is Cn1ccsc1=NC(=O)C1CCN(S(=O)(=O)c2cccs2)CC1. The molecule has 0 saturated carbocycles. The highest BCUT2D eigenvalue weighted by molar-refractivity contribution is 7.91. The molecule has 6 nitrogen and oxygen atoms in total. The van der Waals surface area contributed by atoms with Crippen LogP contribution in [0.5, 0.6) is 0 Å². The summed E-state index contributed by atoms with van der Waals surface area (Å²) in [7, 11) is -1.57. The van der Waals surface area contributed by atoms with Gasteiger partial charge in [0.1, 0.15) is 4.21 Å². The topological polar surface area (TPSA) is 71.7 Å². The molecule has 0 atom stereocenters. The van der Waals surface area contributed by atoms with Gasteiger partial charge in [0, 0.05) is 37.6 Å². The van der Waals surface area contributed by atoms with Gasteiger partial charge in [-0.2, -0.15) is 9.30 Å². The van der Waals surface area contributed by atoms with E-state index in [9.17, 15) is 13.2 Å². The van der Waals surface area contributed by atoms with Crippen LogP contribution < -0.4 is 4.80 Å². The monoisotopic (exact) mass is 371 g/mol. The second kappa shape index (κ2) is 6.68. The third kappa shape index (κ3) is 3.47. The van der Waals surface area contributed by atoms with Crippen molar-refractivity contribution < 1.29 is 13.2 Å². The predicted molar refractivity (Wildman–Crippen MR) is 89.7 cm³/mol. The van der Waals surface area contributed by atoms with Crippen LogP contribution in [0.2, 0.25) is 0 Å². The maximum Gasteiger partial charge on any atom is 0.252 e. The van der Waals surface area contributed by atoms with Crippen molar-refractivity contribution in [1.29, 1.82) is 0 Å². The lowest BCUT2D eigenvalue weighted by molar-refractivity contribution is -0.122. The van der Waals surface area contributed by atoms with Crippen molar-refractivity contribution in [3.8, 4) is 0 Å². The molecule has 3 heterocycles. The van der Waals surface area contributed by atoms with Crippen molar-refractivity contribution in [3.63, 3.8) is 0 Å². The number of thiazole rings is 1. The van der Waals surface area contributed by atoms with Crippen LogP contribution in [0.4, 0.5) is 0 Å². The van der Waals surface area contributed by atoms with Crippen LogP contribution in [-0.4, -0.2) is 36.3 Å². The van der Waals surface area contributed by atoms with Crippen LogP contribution in [0.1, 0.15) is 12.8 Å². The minimum atomic E-state index is -3.42. The molecule has 0 spiro atoms. The smallest absolute Gasteiger partial charge is 0.252 e. The highest BCUT2D eigenvalue weighted by Crippen LogP contribution is 2.26. The summed E-state index contributed by atoms with van der Waals surface area (Å²) in [6.07, 6.45) is 2.89. The molecule has 3 rings (SSSR count). The summed E-state index contributed by atoms with van der Waals surface area (Å²) in [5.74, 6) is -0.358. The Morgan fingerprint density at radius 2 is 2.00 bits per heavy atom. The van der Waals surface area contributed by atoms with Gasteiger partial charge in [-0.1, -0.05) is 6.07 Å². The number of carbonyl (C=O) groups is 1. The van der Waals surface area contributed by atoms with Crippen molar-refractivity contribution >= 4 is 38.6 Å².